The summed E-state index contributed by atoms with van der Waals surface area (Å²) in [5.74, 6) is 6.50. The fraction of sp³-hybridized carbons (Fsp3) is 0.345. The Labute approximate surface area is 219 Å². The Balaban J connectivity index is 1.27. The smallest absolute Gasteiger partial charge is 0.336 e. The summed E-state index contributed by atoms with van der Waals surface area (Å²) < 4.78 is 6.00. The van der Waals surface area contributed by atoms with Gasteiger partial charge >= 0.3 is 6.03 Å². The van der Waals surface area contributed by atoms with E-state index in [2.05, 4.69) is 15.1 Å². The first-order valence-corrected chi connectivity index (χ1v) is 12.8. The van der Waals surface area contributed by atoms with Crippen molar-refractivity contribution in [2.75, 3.05) is 41.3 Å². The molecule has 2 unspecified atom stereocenters. The number of nitrogens with zero attached hydrogens (tertiary/aromatic N) is 3. The Hall–Kier alpha value is -3.75. The lowest BCUT2D eigenvalue weighted by Crippen LogP contribution is -2.52. The predicted octanol–water partition coefficient (Wildman–Crippen LogP) is 4.81. The molecule has 1 heterocycles. The zero-order valence-electron chi connectivity index (χ0n) is 21.6. The molecule has 4 rings (SSSR count). The van der Waals surface area contributed by atoms with Crippen LogP contribution in [0.25, 0.3) is 0 Å². The monoisotopic (exact) mass is 503 g/mol. The summed E-state index contributed by atoms with van der Waals surface area (Å²) in [6.45, 7) is 7.99. The van der Waals surface area contributed by atoms with E-state index >= 15 is 0 Å². The van der Waals surface area contributed by atoms with Crippen molar-refractivity contribution in [2.24, 2.45) is 5.84 Å². The third-order valence-electron chi connectivity index (χ3n) is 6.89. The number of hydrogen-bond acceptors (Lipinski definition) is 6. The highest BCUT2D eigenvalue weighted by Gasteiger charge is 2.26. The fourth-order valence-electron chi connectivity index (χ4n) is 4.65. The summed E-state index contributed by atoms with van der Waals surface area (Å²) in [5, 5.41) is 13.7. The summed E-state index contributed by atoms with van der Waals surface area (Å²) >= 11 is 0. The van der Waals surface area contributed by atoms with Gasteiger partial charge in [0.25, 0.3) is 0 Å². The van der Waals surface area contributed by atoms with Crippen molar-refractivity contribution in [1.82, 2.24) is 5.01 Å². The molecule has 0 spiro atoms. The van der Waals surface area contributed by atoms with Crippen LogP contribution in [0.15, 0.2) is 78.9 Å². The second-order valence-corrected chi connectivity index (χ2v) is 9.35. The molecule has 37 heavy (non-hydrogen) atoms. The van der Waals surface area contributed by atoms with E-state index in [0.717, 1.165) is 43.1 Å². The van der Waals surface area contributed by atoms with Crippen LogP contribution in [0.5, 0.6) is 5.75 Å². The van der Waals surface area contributed by atoms with Gasteiger partial charge in [-0.3, -0.25) is 5.01 Å². The number of benzene rings is 3. The van der Waals surface area contributed by atoms with Crippen LogP contribution in [0.3, 0.4) is 0 Å². The maximum absolute atomic E-state index is 12.9. The summed E-state index contributed by atoms with van der Waals surface area (Å²) in [6.07, 6.45) is 0.457. The molecule has 0 saturated carbocycles. The van der Waals surface area contributed by atoms with E-state index in [-0.39, 0.29) is 23.9 Å². The van der Waals surface area contributed by atoms with Gasteiger partial charge in [-0.1, -0.05) is 37.3 Å². The van der Waals surface area contributed by atoms with Gasteiger partial charge in [-0.15, -0.1) is 0 Å². The van der Waals surface area contributed by atoms with Gasteiger partial charge in [0.2, 0.25) is 0 Å². The number of aromatic hydroxyl groups is 1. The van der Waals surface area contributed by atoms with E-state index in [1.54, 1.807) is 12.1 Å². The zero-order valence-corrected chi connectivity index (χ0v) is 21.6. The maximum atomic E-state index is 12.9. The minimum atomic E-state index is -0.364. The number of nitrogens with one attached hydrogen (secondary N) is 1. The quantitative estimate of drug-likeness (QED) is 0.220. The number of hydrogen-bond donors (Lipinski definition) is 3. The van der Waals surface area contributed by atoms with Gasteiger partial charge in [0.05, 0.1) is 18.8 Å². The van der Waals surface area contributed by atoms with Gasteiger partial charge in [0, 0.05) is 43.2 Å². The Morgan fingerprint density at radius 3 is 2.03 bits per heavy atom. The van der Waals surface area contributed by atoms with Crippen LogP contribution in [0.4, 0.5) is 21.9 Å². The predicted molar refractivity (Wildman–Crippen MR) is 149 cm³/mol. The van der Waals surface area contributed by atoms with E-state index in [4.69, 9.17) is 10.6 Å². The van der Waals surface area contributed by atoms with Crippen LogP contribution < -0.4 is 21.0 Å². The molecule has 1 fully saturated rings. The standard InChI is InChI=1S/C29H37N5O3/c1-3-28(22(2)37-21-23-7-5-4-6-8-23)34(30)29(36)31-24-9-11-25(12-10-24)32-17-19-33(20-18-32)26-13-15-27(35)16-14-26/h4-16,22,28,35H,3,17-21,30H2,1-2H3,(H,31,36). The highest BCUT2D eigenvalue weighted by molar-refractivity contribution is 5.89. The average Bonchev–Trinajstić information content (AvgIpc) is 2.94. The molecule has 2 amide bonds. The molecule has 1 aliphatic heterocycles. The molecule has 1 aliphatic rings. The fourth-order valence-corrected chi connectivity index (χ4v) is 4.65. The number of anilines is 3. The van der Waals surface area contributed by atoms with Crippen molar-refractivity contribution in [2.45, 2.75) is 39.0 Å². The number of amides is 2. The van der Waals surface area contributed by atoms with Crippen LogP contribution in [0.2, 0.25) is 0 Å². The van der Waals surface area contributed by atoms with Gasteiger partial charge in [-0.05, 0) is 67.4 Å². The van der Waals surface area contributed by atoms with E-state index < -0.39 is 0 Å². The third kappa shape index (κ3) is 6.93. The Morgan fingerprint density at radius 2 is 1.49 bits per heavy atom. The summed E-state index contributed by atoms with van der Waals surface area (Å²) in [4.78, 5) is 17.5. The van der Waals surface area contributed by atoms with E-state index in [0.29, 0.717) is 18.7 Å². The van der Waals surface area contributed by atoms with Crippen LogP contribution in [-0.2, 0) is 11.3 Å². The molecular formula is C29H37N5O3. The SMILES string of the molecule is CCC(C(C)OCc1ccccc1)N(N)C(=O)Nc1ccc(N2CCN(c3ccc(O)cc3)CC2)cc1. The van der Waals surface area contributed by atoms with Crippen molar-refractivity contribution in [3.05, 3.63) is 84.4 Å². The molecule has 8 heteroatoms. The number of carbonyl (C=O) groups excluding carboxylic acids is 1. The number of carbonyl (C=O) groups is 1. The zero-order chi connectivity index (χ0) is 26.2. The number of ether oxygens (including phenoxy) is 1. The van der Waals surface area contributed by atoms with Crippen molar-refractivity contribution in [3.63, 3.8) is 0 Å². The van der Waals surface area contributed by atoms with Crippen LogP contribution in [0.1, 0.15) is 25.8 Å². The number of urea groups is 1. The van der Waals surface area contributed by atoms with Crippen molar-refractivity contribution >= 4 is 23.1 Å². The number of phenolic OH excluding ortho intramolecular Hbond substituents is 1. The third-order valence-corrected chi connectivity index (χ3v) is 6.89. The summed E-state index contributed by atoms with van der Waals surface area (Å²) in [5.41, 5.74) is 4.01. The Morgan fingerprint density at radius 1 is 0.946 bits per heavy atom. The van der Waals surface area contributed by atoms with Crippen molar-refractivity contribution in [3.8, 4) is 5.75 Å². The van der Waals surface area contributed by atoms with Crippen LogP contribution in [-0.4, -0.2) is 54.5 Å². The normalized spacial score (nSPS) is 15.2. The number of piperazine rings is 1. The van der Waals surface area contributed by atoms with Crippen LogP contribution >= 0.6 is 0 Å². The second kappa shape index (κ2) is 12.5. The molecule has 3 aromatic carbocycles. The topological polar surface area (TPSA) is 94.3 Å². The molecule has 0 radical (unpaired) electrons. The maximum Gasteiger partial charge on any atom is 0.336 e. The highest BCUT2D eigenvalue weighted by atomic mass is 16.5. The summed E-state index contributed by atoms with van der Waals surface area (Å²) in [7, 11) is 0. The molecule has 1 saturated heterocycles. The molecular weight excluding hydrogens is 466 g/mol. The number of nitrogens with two attached hydrogens (primary N) is 1. The highest BCUT2D eigenvalue weighted by Crippen LogP contribution is 2.24. The first-order valence-electron chi connectivity index (χ1n) is 12.8. The molecule has 196 valence electrons. The minimum absolute atomic E-state index is 0.219. The minimum Gasteiger partial charge on any atom is -0.508 e. The Bertz CT molecular complexity index is 1120. The van der Waals surface area contributed by atoms with Gasteiger partial charge in [0.15, 0.2) is 0 Å². The second-order valence-electron chi connectivity index (χ2n) is 9.35. The van der Waals surface area contributed by atoms with Crippen molar-refractivity contribution < 1.29 is 14.6 Å². The largest absolute Gasteiger partial charge is 0.508 e. The average molecular weight is 504 g/mol. The van der Waals surface area contributed by atoms with Crippen LogP contribution in [0, 0.1) is 0 Å². The van der Waals surface area contributed by atoms with E-state index in [9.17, 15) is 9.90 Å². The Kier molecular flexibility index (Phi) is 8.87. The lowest BCUT2D eigenvalue weighted by Gasteiger charge is -2.37. The van der Waals surface area contributed by atoms with Gasteiger partial charge in [0.1, 0.15) is 5.75 Å². The lowest BCUT2D eigenvalue weighted by atomic mass is 10.1. The molecule has 0 aliphatic carbocycles. The van der Waals surface area contributed by atoms with E-state index in [1.165, 1.54) is 5.01 Å². The number of rotatable bonds is 9. The lowest BCUT2D eigenvalue weighted by molar-refractivity contribution is -0.00214. The van der Waals surface area contributed by atoms with Gasteiger partial charge in [-0.2, -0.15) is 0 Å². The van der Waals surface area contributed by atoms with Gasteiger partial charge < -0.3 is 25.0 Å². The molecule has 0 bridgehead atoms. The summed E-state index contributed by atoms with van der Waals surface area (Å²) in [6, 6.07) is 24.5. The molecule has 0 aromatic heterocycles. The number of phenols is 1. The molecule has 3 aromatic rings. The van der Waals surface area contributed by atoms with Gasteiger partial charge in [-0.25, -0.2) is 10.6 Å². The van der Waals surface area contributed by atoms with Crippen molar-refractivity contribution in [1.29, 1.82) is 0 Å². The first-order chi connectivity index (χ1) is 17.9. The molecule has 2 atom stereocenters. The number of hydrazine groups is 1. The molecule has 4 N–H and O–H groups in total. The first kappa shape index (κ1) is 26.3. The molecule has 8 nitrogen and oxygen atoms in total. The van der Waals surface area contributed by atoms with E-state index in [1.807, 2.05) is 80.6 Å².